The number of carbonyl (C=O) groups excluding carboxylic acids is 1. The number of allylic oxidation sites excluding steroid dienone is 1. The average molecular weight is 453 g/mol. The van der Waals surface area contributed by atoms with Crippen molar-refractivity contribution in [3.8, 4) is 5.75 Å². The maximum atomic E-state index is 13.1. The van der Waals surface area contributed by atoms with Crippen molar-refractivity contribution in [2.75, 3.05) is 20.4 Å². The topological polar surface area (TPSA) is 72.8 Å². The maximum absolute atomic E-state index is 13.1. The van der Waals surface area contributed by atoms with E-state index in [1.54, 1.807) is 0 Å². The van der Waals surface area contributed by atoms with Gasteiger partial charge in [0.15, 0.2) is 5.78 Å². The Morgan fingerprint density at radius 3 is 1.87 bits per heavy atom. The van der Waals surface area contributed by atoms with Crippen LogP contribution in [0.4, 0.5) is 0 Å². The van der Waals surface area contributed by atoms with Crippen molar-refractivity contribution in [2.45, 2.75) is 85.0 Å². The average Bonchev–Trinajstić information content (AvgIpc) is 2.66. The van der Waals surface area contributed by atoms with Gasteiger partial charge in [0.2, 0.25) is 0 Å². The minimum atomic E-state index is -3.45. The van der Waals surface area contributed by atoms with Gasteiger partial charge in [0.25, 0.3) is 0 Å². The highest BCUT2D eigenvalue weighted by Gasteiger charge is 2.29. The summed E-state index contributed by atoms with van der Waals surface area (Å²) in [7, 11) is -0.856. The molecule has 0 spiro atoms. The molecule has 0 atom stereocenters. The van der Waals surface area contributed by atoms with Gasteiger partial charge in [-0.3, -0.25) is 9.36 Å². The molecule has 5 nitrogen and oxygen atoms in total. The number of hydrogen-bond donors (Lipinski definition) is 1. The molecule has 1 aromatic rings. The number of hydrogen-bond acceptors (Lipinski definition) is 5. The Balaban J connectivity index is 3.57. The highest BCUT2D eigenvalue weighted by molar-refractivity contribution is 7.54. The van der Waals surface area contributed by atoms with E-state index < -0.39 is 7.60 Å². The van der Waals surface area contributed by atoms with E-state index in [2.05, 4.69) is 48.5 Å². The predicted octanol–water partition coefficient (Wildman–Crippen LogP) is 7.01. The van der Waals surface area contributed by atoms with Crippen molar-refractivity contribution < 1.29 is 23.5 Å². The monoisotopic (exact) mass is 452 g/mol. The second kappa shape index (κ2) is 10.9. The van der Waals surface area contributed by atoms with Gasteiger partial charge in [-0.2, -0.15) is 0 Å². The normalized spacial score (nSPS) is 13.5. The Labute approximate surface area is 188 Å². The first-order valence-electron chi connectivity index (χ1n) is 11.0. The fraction of sp³-hybridized carbons (Fsp3) is 0.640. The summed E-state index contributed by atoms with van der Waals surface area (Å²) in [4.78, 5) is 13.1. The number of rotatable bonds is 10. The Morgan fingerprint density at radius 1 is 1.00 bits per heavy atom. The fourth-order valence-electron chi connectivity index (χ4n) is 3.42. The maximum Gasteiger partial charge on any atom is 0.337 e. The second-order valence-electron chi connectivity index (χ2n) is 10.1. The number of unbranched alkanes of at least 4 members (excludes halogenated alkanes) is 2. The van der Waals surface area contributed by atoms with Crippen LogP contribution in [0.3, 0.4) is 0 Å². The largest absolute Gasteiger partial charge is 0.507 e. The number of carbonyl (C=O) groups is 1. The zero-order chi connectivity index (χ0) is 24.0. The van der Waals surface area contributed by atoms with Gasteiger partial charge in [0.1, 0.15) is 11.9 Å². The number of phenols is 1. The standard InChI is InChI=1S/C25H41O5P/c1-10-11-12-13-19(22(26)17-31(28,29-8)30-9)14-18-15-20(24(2,3)4)23(27)21(16-18)25(5,6)7/h14-16,27H,10-13,17H2,1-9H3/b19-14+. The van der Waals surface area contributed by atoms with Gasteiger partial charge in [-0.05, 0) is 53.0 Å². The van der Waals surface area contributed by atoms with Gasteiger partial charge in [-0.1, -0.05) is 61.3 Å². The highest BCUT2D eigenvalue weighted by atomic mass is 31.2. The molecule has 0 saturated carbocycles. The molecule has 1 N–H and O–H groups in total. The third-order valence-corrected chi connectivity index (χ3v) is 7.18. The van der Waals surface area contributed by atoms with Gasteiger partial charge in [0, 0.05) is 25.3 Å². The Hall–Kier alpha value is -1.42. The lowest BCUT2D eigenvalue weighted by molar-refractivity contribution is -0.113. The van der Waals surface area contributed by atoms with E-state index in [9.17, 15) is 14.5 Å². The van der Waals surface area contributed by atoms with Crippen molar-refractivity contribution in [1.82, 2.24) is 0 Å². The van der Waals surface area contributed by atoms with Crippen LogP contribution >= 0.6 is 7.60 Å². The predicted molar refractivity (Wildman–Crippen MR) is 129 cm³/mol. The summed E-state index contributed by atoms with van der Waals surface area (Å²) >= 11 is 0. The first kappa shape index (κ1) is 27.6. The molecular formula is C25H41O5P. The second-order valence-corrected chi connectivity index (χ2v) is 12.4. The van der Waals surface area contributed by atoms with Crippen molar-refractivity contribution >= 4 is 19.5 Å². The summed E-state index contributed by atoms with van der Waals surface area (Å²) in [5, 5.41) is 11.0. The van der Waals surface area contributed by atoms with E-state index in [-0.39, 0.29) is 22.8 Å². The summed E-state index contributed by atoms with van der Waals surface area (Å²) < 4.78 is 22.5. The van der Waals surface area contributed by atoms with Crippen LogP contribution < -0.4 is 0 Å². The molecule has 0 aliphatic carbocycles. The lowest BCUT2D eigenvalue weighted by Gasteiger charge is -2.28. The van der Waals surface area contributed by atoms with E-state index >= 15 is 0 Å². The van der Waals surface area contributed by atoms with E-state index in [1.165, 1.54) is 14.2 Å². The Bertz CT molecular complexity index is 797. The molecule has 0 aliphatic heterocycles. The molecule has 1 rings (SSSR count). The molecule has 31 heavy (non-hydrogen) atoms. The molecule has 0 amide bonds. The summed E-state index contributed by atoms with van der Waals surface area (Å²) in [6, 6.07) is 3.90. The lowest BCUT2D eigenvalue weighted by Crippen LogP contribution is -2.17. The molecule has 0 unspecified atom stereocenters. The van der Waals surface area contributed by atoms with Crippen LogP contribution in [0.2, 0.25) is 0 Å². The number of benzene rings is 1. The highest BCUT2D eigenvalue weighted by Crippen LogP contribution is 2.47. The van der Waals surface area contributed by atoms with Gasteiger partial charge >= 0.3 is 7.60 Å². The molecular weight excluding hydrogens is 411 g/mol. The molecule has 0 fully saturated rings. The summed E-state index contributed by atoms with van der Waals surface area (Å²) in [5.41, 5.74) is 2.62. The van der Waals surface area contributed by atoms with Crippen molar-refractivity contribution in [3.05, 3.63) is 34.4 Å². The van der Waals surface area contributed by atoms with Crippen molar-refractivity contribution in [1.29, 1.82) is 0 Å². The molecule has 1 aromatic carbocycles. The molecule has 176 valence electrons. The van der Waals surface area contributed by atoms with E-state index in [0.29, 0.717) is 17.7 Å². The lowest BCUT2D eigenvalue weighted by atomic mass is 9.78. The van der Waals surface area contributed by atoms with Crippen LogP contribution in [0.5, 0.6) is 5.75 Å². The Kier molecular flexibility index (Phi) is 9.74. The fourth-order valence-corrected chi connectivity index (χ4v) is 4.39. The molecule has 0 radical (unpaired) electrons. The number of phenolic OH excluding ortho intramolecular Hbond substituents is 1. The molecule has 0 bridgehead atoms. The number of Topliss-reactive ketones (excluding diaryl/α,β-unsaturated/α-hetero) is 1. The summed E-state index contributed by atoms with van der Waals surface area (Å²) in [6.45, 7) is 14.5. The zero-order valence-electron chi connectivity index (χ0n) is 20.8. The summed E-state index contributed by atoms with van der Waals surface area (Å²) in [6.07, 6.45) is 5.10. The smallest absolute Gasteiger partial charge is 0.337 e. The Morgan fingerprint density at radius 2 is 1.48 bits per heavy atom. The molecule has 0 saturated heterocycles. The quantitative estimate of drug-likeness (QED) is 0.235. The van der Waals surface area contributed by atoms with Gasteiger partial charge in [-0.15, -0.1) is 0 Å². The SMILES string of the molecule is CCCCC/C(=C\c1cc(C(C)(C)C)c(O)c(C(C)(C)C)c1)C(=O)CP(=O)(OC)OC. The van der Waals surface area contributed by atoms with Crippen molar-refractivity contribution in [3.63, 3.8) is 0 Å². The van der Waals surface area contributed by atoms with Gasteiger partial charge < -0.3 is 14.2 Å². The molecule has 0 heterocycles. The van der Waals surface area contributed by atoms with E-state index in [4.69, 9.17) is 9.05 Å². The molecule has 6 heteroatoms. The zero-order valence-corrected chi connectivity index (χ0v) is 21.7. The first-order valence-corrected chi connectivity index (χ1v) is 12.7. The number of ketones is 1. The minimum absolute atomic E-state index is 0.231. The van der Waals surface area contributed by atoms with E-state index in [1.807, 2.05) is 18.2 Å². The van der Waals surface area contributed by atoms with Crippen LogP contribution in [0.15, 0.2) is 17.7 Å². The summed E-state index contributed by atoms with van der Waals surface area (Å²) in [5.74, 6) is 0.0742. The minimum Gasteiger partial charge on any atom is -0.507 e. The van der Waals surface area contributed by atoms with Gasteiger partial charge in [-0.25, -0.2) is 0 Å². The van der Waals surface area contributed by atoms with Crippen molar-refractivity contribution in [2.24, 2.45) is 0 Å². The first-order chi connectivity index (χ1) is 14.2. The van der Waals surface area contributed by atoms with Crippen LogP contribution in [-0.2, 0) is 29.2 Å². The van der Waals surface area contributed by atoms with E-state index in [0.717, 1.165) is 36.0 Å². The molecule has 0 aromatic heterocycles. The third-order valence-electron chi connectivity index (χ3n) is 5.39. The van der Waals surface area contributed by atoms with Crippen LogP contribution in [0.1, 0.15) is 90.8 Å². The number of aromatic hydroxyl groups is 1. The molecule has 0 aliphatic rings. The van der Waals surface area contributed by atoms with Gasteiger partial charge in [0.05, 0.1) is 0 Å². The van der Waals surface area contributed by atoms with Crippen LogP contribution in [0, 0.1) is 0 Å². The van der Waals surface area contributed by atoms with Crippen LogP contribution in [-0.4, -0.2) is 31.3 Å². The van der Waals surface area contributed by atoms with Crippen LogP contribution in [0.25, 0.3) is 6.08 Å². The third kappa shape index (κ3) is 7.89.